The lowest BCUT2D eigenvalue weighted by molar-refractivity contribution is -0.155. The second-order valence-corrected chi connectivity index (χ2v) is 6.93. The second kappa shape index (κ2) is 5.35. The van der Waals surface area contributed by atoms with E-state index in [1.54, 1.807) is 0 Å². The van der Waals surface area contributed by atoms with Crippen molar-refractivity contribution in [3.05, 3.63) is 29.3 Å². The first-order valence-electron chi connectivity index (χ1n) is 8.48. The van der Waals surface area contributed by atoms with Gasteiger partial charge in [0.25, 0.3) is 0 Å². The van der Waals surface area contributed by atoms with Crippen LogP contribution in [-0.4, -0.2) is 62.4 Å². The lowest BCUT2D eigenvalue weighted by Gasteiger charge is -2.41. The molecule has 5 atom stereocenters. The molecule has 1 aliphatic carbocycles. The number of phenols is 1. The Bertz CT molecular complexity index is 832. The molecule has 0 saturated carbocycles. The van der Waals surface area contributed by atoms with E-state index in [0.29, 0.717) is 12.8 Å². The van der Waals surface area contributed by atoms with Crippen molar-refractivity contribution in [1.82, 2.24) is 0 Å². The molecule has 26 heavy (non-hydrogen) atoms. The van der Waals surface area contributed by atoms with Gasteiger partial charge in [-0.05, 0) is 12.5 Å². The van der Waals surface area contributed by atoms with Gasteiger partial charge in [-0.15, -0.1) is 0 Å². The predicted molar refractivity (Wildman–Crippen MR) is 85.1 cm³/mol. The second-order valence-electron chi connectivity index (χ2n) is 6.93. The highest BCUT2D eigenvalue weighted by atomic mass is 16.7. The molecular formula is C18H18O8. The van der Waals surface area contributed by atoms with Gasteiger partial charge in [-0.25, -0.2) is 0 Å². The van der Waals surface area contributed by atoms with Crippen LogP contribution in [0, 0.1) is 0 Å². The number of hydrogen-bond donors (Lipinski definition) is 3. The Balaban J connectivity index is 1.89. The van der Waals surface area contributed by atoms with E-state index in [9.17, 15) is 24.6 Å². The minimum absolute atomic E-state index is 0.0339. The van der Waals surface area contributed by atoms with Crippen LogP contribution >= 0.6 is 0 Å². The summed E-state index contributed by atoms with van der Waals surface area (Å²) in [4.78, 5) is 37.5. The number of ether oxygens (including phenoxy) is 2. The van der Waals surface area contributed by atoms with Crippen molar-refractivity contribution in [1.29, 1.82) is 0 Å². The Morgan fingerprint density at radius 1 is 1.23 bits per heavy atom. The van der Waals surface area contributed by atoms with E-state index in [0.717, 1.165) is 0 Å². The molecule has 0 spiro atoms. The summed E-state index contributed by atoms with van der Waals surface area (Å²) < 4.78 is 11.4. The number of fused-ring (bicyclic) bond motifs is 1. The molecule has 8 nitrogen and oxygen atoms in total. The van der Waals surface area contributed by atoms with Gasteiger partial charge in [0.2, 0.25) is 11.6 Å². The van der Waals surface area contributed by atoms with E-state index in [2.05, 4.69) is 0 Å². The number of aliphatic carboxylic acids is 1. The average Bonchev–Trinajstić information content (AvgIpc) is 3.31. The molecular weight excluding hydrogens is 344 g/mol. The van der Waals surface area contributed by atoms with Gasteiger partial charge in [0, 0.05) is 5.56 Å². The molecule has 1 aromatic carbocycles. The normalized spacial score (nSPS) is 37.5. The first kappa shape index (κ1) is 17.1. The number of aromatic hydroxyl groups is 1. The van der Waals surface area contributed by atoms with Crippen molar-refractivity contribution in [2.75, 3.05) is 0 Å². The van der Waals surface area contributed by atoms with Crippen molar-refractivity contribution >= 4 is 17.5 Å². The van der Waals surface area contributed by atoms with Crippen LogP contribution in [0.25, 0.3) is 0 Å². The SMILES string of the molecule is CCC[C@H]1O[C@H](CC(=O)O)[C@@H](O)[C@]23O[C@]12C(=O)c1c(O)cccc1C3=O. The molecule has 3 N–H and O–H groups in total. The van der Waals surface area contributed by atoms with Gasteiger partial charge >= 0.3 is 5.97 Å². The number of hydrogen-bond acceptors (Lipinski definition) is 7. The van der Waals surface area contributed by atoms with E-state index in [-0.39, 0.29) is 16.9 Å². The molecule has 0 amide bonds. The number of Topliss-reactive ketones (excluding diaryl/α,β-unsaturated/α-hetero) is 2. The Hall–Kier alpha value is -2.29. The lowest BCUT2D eigenvalue weighted by Crippen LogP contribution is -2.65. The number of phenolic OH excluding ortho intramolecular Hbond substituents is 1. The largest absolute Gasteiger partial charge is 0.507 e. The predicted octanol–water partition coefficient (Wildman–Crippen LogP) is 0.682. The highest BCUT2D eigenvalue weighted by molar-refractivity contribution is 6.27. The number of benzene rings is 1. The van der Waals surface area contributed by atoms with E-state index < -0.39 is 53.5 Å². The topological polar surface area (TPSA) is 134 Å². The molecule has 138 valence electrons. The van der Waals surface area contributed by atoms with Gasteiger partial charge in [-0.2, -0.15) is 0 Å². The van der Waals surface area contributed by atoms with Crippen LogP contribution in [0.3, 0.4) is 0 Å². The van der Waals surface area contributed by atoms with Crippen molar-refractivity contribution in [3.63, 3.8) is 0 Å². The number of carbonyl (C=O) groups excluding carboxylic acids is 2. The lowest BCUT2D eigenvalue weighted by atomic mass is 9.66. The van der Waals surface area contributed by atoms with Gasteiger partial charge in [-0.3, -0.25) is 14.4 Å². The van der Waals surface area contributed by atoms with Crippen LogP contribution in [0.4, 0.5) is 0 Å². The monoisotopic (exact) mass is 362 g/mol. The van der Waals surface area contributed by atoms with Gasteiger partial charge in [0.1, 0.15) is 11.9 Å². The van der Waals surface area contributed by atoms with Crippen molar-refractivity contribution in [2.24, 2.45) is 0 Å². The van der Waals surface area contributed by atoms with Crippen LogP contribution in [0.5, 0.6) is 5.75 Å². The Morgan fingerprint density at radius 2 is 1.96 bits per heavy atom. The average molecular weight is 362 g/mol. The fourth-order valence-corrected chi connectivity index (χ4v) is 4.39. The van der Waals surface area contributed by atoms with Crippen LogP contribution < -0.4 is 0 Å². The first-order valence-corrected chi connectivity index (χ1v) is 8.48. The van der Waals surface area contributed by atoms with Crippen LogP contribution in [0.2, 0.25) is 0 Å². The fraction of sp³-hybridized carbons (Fsp3) is 0.500. The quantitative estimate of drug-likeness (QED) is 0.666. The van der Waals surface area contributed by atoms with Crippen molar-refractivity contribution in [2.45, 2.75) is 55.7 Å². The third-order valence-corrected chi connectivity index (χ3v) is 5.51. The maximum Gasteiger partial charge on any atom is 0.306 e. The molecule has 2 heterocycles. The Kier molecular flexibility index (Phi) is 3.53. The summed E-state index contributed by atoms with van der Waals surface area (Å²) in [7, 11) is 0. The first-order chi connectivity index (χ1) is 12.3. The minimum atomic E-state index is -1.86. The number of epoxide rings is 1. The zero-order valence-corrected chi connectivity index (χ0v) is 14.0. The molecule has 4 rings (SSSR count). The number of carboxylic acid groups (broad SMARTS) is 1. The number of carboxylic acids is 1. The molecule has 8 heteroatoms. The third-order valence-electron chi connectivity index (χ3n) is 5.51. The molecule has 3 aliphatic rings. The smallest absolute Gasteiger partial charge is 0.306 e. The molecule has 1 aromatic rings. The molecule has 0 radical (unpaired) electrons. The molecule has 2 saturated heterocycles. The maximum absolute atomic E-state index is 13.2. The van der Waals surface area contributed by atoms with Gasteiger partial charge in [-0.1, -0.05) is 25.5 Å². The molecule has 0 aromatic heterocycles. The highest BCUT2D eigenvalue weighted by Crippen LogP contribution is 2.64. The number of carbonyl (C=O) groups is 3. The van der Waals surface area contributed by atoms with Crippen molar-refractivity contribution < 1.29 is 39.2 Å². The maximum atomic E-state index is 13.2. The van der Waals surface area contributed by atoms with Crippen molar-refractivity contribution in [3.8, 4) is 5.75 Å². The van der Waals surface area contributed by atoms with Crippen LogP contribution in [0.1, 0.15) is 46.9 Å². The van der Waals surface area contributed by atoms with E-state index in [1.165, 1.54) is 18.2 Å². The number of rotatable bonds is 4. The number of aliphatic hydroxyl groups excluding tert-OH is 1. The summed E-state index contributed by atoms with van der Waals surface area (Å²) in [5.74, 6) is -2.77. The Labute approximate surface area is 148 Å². The van der Waals surface area contributed by atoms with E-state index >= 15 is 0 Å². The summed E-state index contributed by atoms with van der Waals surface area (Å²) >= 11 is 0. The summed E-state index contributed by atoms with van der Waals surface area (Å²) in [6, 6.07) is 4.12. The Morgan fingerprint density at radius 3 is 2.62 bits per heavy atom. The molecule has 0 unspecified atom stereocenters. The summed E-state index contributed by atoms with van der Waals surface area (Å²) in [5.41, 5.74) is -3.75. The van der Waals surface area contributed by atoms with E-state index in [1.807, 2.05) is 6.92 Å². The zero-order valence-electron chi connectivity index (χ0n) is 14.0. The summed E-state index contributed by atoms with van der Waals surface area (Å²) in [6.45, 7) is 1.85. The minimum Gasteiger partial charge on any atom is -0.507 e. The number of aliphatic hydroxyl groups is 1. The fourth-order valence-electron chi connectivity index (χ4n) is 4.39. The molecule has 0 bridgehead atoms. The highest BCUT2D eigenvalue weighted by Gasteiger charge is 2.89. The standard InChI is InChI=1S/C18H18O8/c1-2-4-11-17-16(24)13-8(5-3-6-9(13)19)14(22)18(17,26-17)15(23)10(25-11)7-12(20)21/h3,5-6,10-11,15,19,23H,2,4,7H2,1H3,(H,20,21)/t10-,11-,15-,17+,18+/m1/s1. The van der Waals surface area contributed by atoms with Gasteiger partial charge in [0.15, 0.2) is 11.2 Å². The van der Waals surface area contributed by atoms with Crippen LogP contribution in [0.15, 0.2) is 18.2 Å². The van der Waals surface area contributed by atoms with E-state index in [4.69, 9.17) is 14.6 Å². The molecule has 2 aliphatic heterocycles. The zero-order chi connectivity index (χ0) is 18.9. The van der Waals surface area contributed by atoms with Crippen LogP contribution in [-0.2, 0) is 14.3 Å². The van der Waals surface area contributed by atoms with Gasteiger partial charge in [0.05, 0.1) is 24.2 Å². The summed E-state index contributed by atoms with van der Waals surface area (Å²) in [6.07, 6.45) is -3.24. The summed E-state index contributed by atoms with van der Waals surface area (Å²) in [5, 5.41) is 29.9. The third kappa shape index (κ3) is 1.81. The number of ketones is 2. The van der Waals surface area contributed by atoms with Gasteiger partial charge < -0.3 is 24.8 Å². The molecule has 2 fully saturated rings.